The Bertz CT molecular complexity index is 365. The van der Waals surface area contributed by atoms with Gasteiger partial charge < -0.3 is 10.1 Å². The first-order valence-electron chi connectivity index (χ1n) is 5.01. The summed E-state index contributed by atoms with van der Waals surface area (Å²) >= 11 is 0. The highest BCUT2D eigenvalue weighted by atomic mass is 19.1. The van der Waals surface area contributed by atoms with Crippen molar-refractivity contribution in [2.75, 3.05) is 19.7 Å². The molecule has 1 aliphatic rings. The highest BCUT2D eigenvalue weighted by Crippen LogP contribution is 2.15. The van der Waals surface area contributed by atoms with Crippen LogP contribution in [0.1, 0.15) is 6.42 Å². The fraction of sp³-hybridized carbons (Fsp3) is 0.364. The summed E-state index contributed by atoms with van der Waals surface area (Å²) in [5.41, 5.74) is 0. The fourth-order valence-corrected chi connectivity index (χ4v) is 1.43. The average molecular weight is 208 g/mol. The highest BCUT2D eigenvalue weighted by molar-refractivity contribution is 5.83. The molecule has 2 rings (SSSR count). The number of hydrogen-bond acceptors (Lipinski definition) is 3. The van der Waals surface area contributed by atoms with Gasteiger partial charge >= 0.3 is 0 Å². The number of aliphatic imine (C=N–C) groups is 1. The number of para-hydroxylation sites is 1. The second-order valence-electron chi connectivity index (χ2n) is 3.28. The zero-order valence-electron chi connectivity index (χ0n) is 8.37. The molecule has 4 heteroatoms. The number of nitrogens with one attached hydrogen (secondary N) is 1. The van der Waals surface area contributed by atoms with Crippen LogP contribution in [0.25, 0.3) is 0 Å². The Labute approximate surface area is 88.0 Å². The van der Waals surface area contributed by atoms with E-state index in [4.69, 9.17) is 4.74 Å². The van der Waals surface area contributed by atoms with E-state index in [0.29, 0.717) is 18.8 Å². The largest absolute Gasteiger partial charge is 0.490 e. The minimum atomic E-state index is -0.321. The van der Waals surface area contributed by atoms with Crippen molar-refractivity contribution >= 4 is 5.84 Å². The van der Waals surface area contributed by atoms with Gasteiger partial charge in [-0.15, -0.1) is 0 Å². The number of nitrogens with zero attached hydrogens (tertiary/aromatic N) is 1. The Balaban J connectivity index is 1.80. The van der Waals surface area contributed by atoms with Crippen molar-refractivity contribution in [1.29, 1.82) is 0 Å². The molecule has 0 aromatic heterocycles. The molecule has 0 saturated carbocycles. The third-order valence-corrected chi connectivity index (χ3v) is 2.18. The molecule has 0 radical (unpaired) electrons. The van der Waals surface area contributed by atoms with Gasteiger partial charge in [-0.1, -0.05) is 12.1 Å². The summed E-state index contributed by atoms with van der Waals surface area (Å²) in [6, 6.07) is 6.41. The van der Waals surface area contributed by atoms with Gasteiger partial charge in [-0.2, -0.15) is 0 Å². The first-order valence-corrected chi connectivity index (χ1v) is 5.01. The Hall–Kier alpha value is -1.58. The van der Waals surface area contributed by atoms with Crippen LogP contribution in [0.4, 0.5) is 4.39 Å². The Morgan fingerprint density at radius 2 is 2.27 bits per heavy atom. The molecule has 0 fully saturated rings. The van der Waals surface area contributed by atoms with Crippen LogP contribution in [0.5, 0.6) is 5.75 Å². The number of rotatable bonds is 4. The second kappa shape index (κ2) is 4.77. The molecule has 0 bridgehead atoms. The maximum atomic E-state index is 13.1. The van der Waals surface area contributed by atoms with Crippen LogP contribution in [0.15, 0.2) is 29.3 Å². The Morgan fingerprint density at radius 1 is 1.40 bits per heavy atom. The van der Waals surface area contributed by atoms with Crippen molar-refractivity contribution in [1.82, 2.24) is 5.32 Å². The molecule has 1 heterocycles. The summed E-state index contributed by atoms with van der Waals surface area (Å²) in [6.07, 6.45) is 0.703. The zero-order valence-corrected chi connectivity index (χ0v) is 8.37. The molecule has 1 aliphatic heterocycles. The summed E-state index contributed by atoms with van der Waals surface area (Å²) in [5, 5.41) is 3.13. The van der Waals surface area contributed by atoms with Crippen molar-refractivity contribution in [3.63, 3.8) is 0 Å². The highest BCUT2D eigenvalue weighted by Gasteiger charge is 2.06. The third-order valence-electron chi connectivity index (χ3n) is 2.18. The molecular weight excluding hydrogens is 195 g/mol. The lowest BCUT2D eigenvalue weighted by Crippen LogP contribution is -2.20. The van der Waals surface area contributed by atoms with Crippen LogP contribution in [-0.4, -0.2) is 25.5 Å². The van der Waals surface area contributed by atoms with E-state index in [9.17, 15) is 4.39 Å². The summed E-state index contributed by atoms with van der Waals surface area (Å²) in [4.78, 5) is 4.22. The third kappa shape index (κ3) is 2.68. The Morgan fingerprint density at radius 3 is 3.00 bits per heavy atom. The molecule has 0 aliphatic carbocycles. The molecule has 0 spiro atoms. The van der Waals surface area contributed by atoms with E-state index in [0.717, 1.165) is 18.9 Å². The second-order valence-corrected chi connectivity index (χ2v) is 3.28. The van der Waals surface area contributed by atoms with Crippen molar-refractivity contribution in [2.45, 2.75) is 6.42 Å². The van der Waals surface area contributed by atoms with Gasteiger partial charge in [0.25, 0.3) is 0 Å². The van der Waals surface area contributed by atoms with Crippen molar-refractivity contribution in [2.24, 2.45) is 4.99 Å². The molecule has 80 valence electrons. The lowest BCUT2D eigenvalue weighted by molar-refractivity contribution is 0.311. The smallest absolute Gasteiger partial charge is 0.165 e. The van der Waals surface area contributed by atoms with Gasteiger partial charge in [-0.25, -0.2) is 4.39 Å². The summed E-state index contributed by atoms with van der Waals surface area (Å²) < 4.78 is 18.4. The van der Waals surface area contributed by atoms with Gasteiger partial charge in [0.05, 0.1) is 19.0 Å². The quantitative estimate of drug-likeness (QED) is 0.815. The lowest BCUT2D eigenvalue weighted by atomic mass is 10.3. The lowest BCUT2D eigenvalue weighted by Gasteiger charge is -2.06. The molecule has 0 unspecified atom stereocenters. The number of ether oxygens (including phenoxy) is 1. The monoisotopic (exact) mass is 208 g/mol. The van der Waals surface area contributed by atoms with Gasteiger partial charge in [-0.05, 0) is 12.1 Å². The SMILES string of the molecule is Fc1ccccc1OCCC1=NCCN1. The number of benzene rings is 1. The molecule has 0 atom stereocenters. The van der Waals surface area contributed by atoms with Crippen LogP contribution >= 0.6 is 0 Å². The molecule has 1 N–H and O–H groups in total. The average Bonchev–Trinajstić information content (AvgIpc) is 2.74. The van der Waals surface area contributed by atoms with Gasteiger partial charge in [0.2, 0.25) is 0 Å². The predicted molar refractivity (Wildman–Crippen MR) is 56.8 cm³/mol. The van der Waals surface area contributed by atoms with Crippen LogP contribution in [-0.2, 0) is 0 Å². The molecule has 3 nitrogen and oxygen atoms in total. The summed E-state index contributed by atoms with van der Waals surface area (Å²) in [5.74, 6) is 0.932. The normalized spacial score (nSPS) is 14.6. The van der Waals surface area contributed by atoms with Gasteiger partial charge in [-0.3, -0.25) is 4.99 Å². The topological polar surface area (TPSA) is 33.6 Å². The van der Waals surface area contributed by atoms with Crippen molar-refractivity contribution in [3.8, 4) is 5.75 Å². The summed E-state index contributed by atoms with van der Waals surface area (Å²) in [7, 11) is 0. The number of hydrogen-bond donors (Lipinski definition) is 1. The number of amidine groups is 1. The van der Waals surface area contributed by atoms with Crippen molar-refractivity contribution in [3.05, 3.63) is 30.1 Å². The maximum absolute atomic E-state index is 13.1. The Kier molecular flexibility index (Phi) is 3.17. The first-order chi connectivity index (χ1) is 7.36. The molecule has 0 amide bonds. The maximum Gasteiger partial charge on any atom is 0.165 e. The van der Waals surface area contributed by atoms with Crippen molar-refractivity contribution < 1.29 is 9.13 Å². The fourth-order valence-electron chi connectivity index (χ4n) is 1.43. The number of halogens is 1. The van der Waals surface area contributed by atoms with E-state index in [2.05, 4.69) is 10.3 Å². The molecular formula is C11H13FN2O. The van der Waals surface area contributed by atoms with Crippen LogP contribution in [0.3, 0.4) is 0 Å². The molecule has 1 aromatic carbocycles. The van der Waals surface area contributed by atoms with Crippen LogP contribution in [0.2, 0.25) is 0 Å². The van der Waals surface area contributed by atoms with Crippen LogP contribution < -0.4 is 10.1 Å². The van der Waals surface area contributed by atoms with E-state index in [1.807, 2.05) is 0 Å². The first kappa shape index (κ1) is 9.96. The standard InChI is InChI=1S/C11H13FN2O/c12-9-3-1-2-4-10(9)15-8-5-11-13-6-7-14-11/h1-4H,5-8H2,(H,13,14). The predicted octanol–water partition coefficient (Wildman–Crippen LogP) is 1.60. The zero-order chi connectivity index (χ0) is 10.5. The van der Waals surface area contributed by atoms with E-state index >= 15 is 0 Å². The molecule has 15 heavy (non-hydrogen) atoms. The van der Waals surface area contributed by atoms with E-state index in [-0.39, 0.29) is 5.82 Å². The molecule has 0 saturated heterocycles. The van der Waals surface area contributed by atoms with E-state index in [1.54, 1.807) is 18.2 Å². The minimum Gasteiger partial charge on any atom is -0.490 e. The van der Waals surface area contributed by atoms with Crippen LogP contribution in [0, 0.1) is 5.82 Å². The van der Waals surface area contributed by atoms with E-state index in [1.165, 1.54) is 6.07 Å². The van der Waals surface area contributed by atoms with Gasteiger partial charge in [0.1, 0.15) is 0 Å². The van der Waals surface area contributed by atoms with E-state index < -0.39 is 0 Å². The minimum absolute atomic E-state index is 0.302. The summed E-state index contributed by atoms with van der Waals surface area (Å²) in [6.45, 7) is 2.18. The molecule has 1 aromatic rings. The van der Waals surface area contributed by atoms with Gasteiger partial charge in [0.15, 0.2) is 11.6 Å². The van der Waals surface area contributed by atoms with Gasteiger partial charge in [0, 0.05) is 13.0 Å².